The normalized spacial score (nSPS) is 15.1. The number of nitrogens with zero attached hydrogens (tertiary/aromatic N) is 4. The highest BCUT2D eigenvalue weighted by Gasteiger charge is 2.21. The van der Waals surface area contributed by atoms with Gasteiger partial charge in [-0.2, -0.15) is 0 Å². The van der Waals surface area contributed by atoms with Crippen molar-refractivity contribution in [2.75, 3.05) is 43.4 Å². The minimum absolute atomic E-state index is 0.0775. The number of carbonyl (C=O) groups is 1. The molecule has 1 fully saturated rings. The molecular formula is C22H27N5O2. The topological polar surface area (TPSA) is 62.5 Å². The molecule has 7 nitrogen and oxygen atoms in total. The van der Waals surface area contributed by atoms with Gasteiger partial charge >= 0.3 is 5.69 Å². The number of imidazole rings is 1. The van der Waals surface area contributed by atoms with Gasteiger partial charge in [-0.1, -0.05) is 17.7 Å². The second-order valence-corrected chi connectivity index (χ2v) is 7.87. The molecule has 0 atom stereocenters. The first-order valence-electron chi connectivity index (χ1n) is 9.86. The Morgan fingerprint density at radius 3 is 2.10 bits per heavy atom. The molecule has 1 N–H and O–H groups in total. The molecule has 2 aromatic carbocycles. The third kappa shape index (κ3) is 3.53. The van der Waals surface area contributed by atoms with E-state index in [9.17, 15) is 9.59 Å². The van der Waals surface area contributed by atoms with Crippen LogP contribution >= 0.6 is 0 Å². The maximum absolute atomic E-state index is 12.9. The van der Waals surface area contributed by atoms with Crippen LogP contribution in [0, 0.1) is 6.92 Å². The minimum Gasteiger partial charge on any atom is -0.367 e. The Hall–Kier alpha value is -3.06. The van der Waals surface area contributed by atoms with Gasteiger partial charge in [0.25, 0.3) is 5.91 Å². The lowest BCUT2D eigenvalue weighted by atomic mass is 10.1. The van der Waals surface area contributed by atoms with Crippen molar-refractivity contribution >= 4 is 28.3 Å². The Morgan fingerprint density at radius 1 is 0.897 bits per heavy atom. The number of aryl methyl sites for hydroxylation is 3. The van der Waals surface area contributed by atoms with E-state index in [2.05, 4.69) is 22.2 Å². The summed E-state index contributed by atoms with van der Waals surface area (Å²) in [5.41, 5.74) is 4.99. The van der Waals surface area contributed by atoms with E-state index < -0.39 is 0 Å². The first kappa shape index (κ1) is 19.3. The number of hydrogen-bond acceptors (Lipinski definition) is 4. The van der Waals surface area contributed by atoms with Crippen LogP contribution in [0.25, 0.3) is 11.0 Å². The van der Waals surface area contributed by atoms with Gasteiger partial charge in [-0.05, 0) is 38.2 Å². The molecule has 0 spiro atoms. The van der Waals surface area contributed by atoms with E-state index >= 15 is 0 Å². The summed E-state index contributed by atoms with van der Waals surface area (Å²) in [4.78, 5) is 29.9. The summed E-state index contributed by atoms with van der Waals surface area (Å²) < 4.78 is 3.27. The van der Waals surface area contributed by atoms with Crippen molar-refractivity contribution in [3.8, 4) is 0 Å². The van der Waals surface area contributed by atoms with Crippen LogP contribution in [0.15, 0.2) is 41.2 Å². The van der Waals surface area contributed by atoms with Gasteiger partial charge in [0, 0.05) is 45.8 Å². The van der Waals surface area contributed by atoms with Crippen LogP contribution in [0.3, 0.4) is 0 Å². The summed E-state index contributed by atoms with van der Waals surface area (Å²) in [5, 5.41) is 3.08. The lowest BCUT2D eigenvalue weighted by Gasteiger charge is -2.35. The Labute approximate surface area is 170 Å². The van der Waals surface area contributed by atoms with E-state index in [-0.39, 0.29) is 11.6 Å². The van der Waals surface area contributed by atoms with E-state index in [1.807, 2.05) is 43.3 Å². The molecule has 0 aliphatic carbocycles. The lowest BCUT2D eigenvalue weighted by Crippen LogP contribution is -2.44. The average molecular weight is 393 g/mol. The SMILES string of the molecule is Cc1ccc(C(=O)Nc2cc3c(cc2N2CCN(C)CC2)n(C)c(=O)n3C)cc1. The monoisotopic (exact) mass is 393 g/mol. The first-order valence-corrected chi connectivity index (χ1v) is 9.86. The van der Waals surface area contributed by atoms with E-state index in [1.54, 1.807) is 23.2 Å². The van der Waals surface area contributed by atoms with Crippen LogP contribution in [0.2, 0.25) is 0 Å². The fourth-order valence-electron chi connectivity index (χ4n) is 3.84. The summed E-state index contributed by atoms with van der Waals surface area (Å²) in [7, 11) is 5.65. The van der Waals surface area contributed by atoms with E-state index in [4.69, 9.17) is 0 Å². The van der Waals surface area contributed by atoms with Crippen molar-refractivity contribution in [2.24, 2.45) is 14.1 Å². The van der Waals surface area contributed by atoms with Gasteiger partial charge in [0.2, 0.25) is 0 Å². The summed E-state index contributed by atoms with van der Waals surface area (Å²) >= 11 is 0. The summed E-state index contributed by atoms with van der Waals surface area (Å²) in [5.74, 6) is -0.152. The number of rotatable bonds is 3. The number of anilines is 2. The lowest BCUT2D eigenvalue weighted by molar-refractivity contribution is 0.102. The predicted molar refractivity (Wildman–Crippen MR) is 117 cm³/mol. The molecule has 0 saturated carbocycles. The maximum atomic E-state index is 12.9. The summed E-state index contributed by atoms with van der Waals surface area (Å²) in [6.45, 7) is 5.65. The van der Waals surface area contributed by atoms with Crippen molar-refractivity contribution in [3.63, 3.8) is 0 Å². The van der Waals surface area contributed by atoms with Gasteiger partial charge in [-0.15, -0.1) is 0 Å². The van der Waals surface area contributed by atoms with Crippen LogP contribution in [0.1, 0.15) is 15.9 Å². The molecule has 7 heteroatoms. The van der Waals surface area contributed by atoms with Gasteiger partial charge in [0.1, 0.15) is 0 Å². The molecule has 1 saturated heterocycles. The summed E-state index contributed by atoms with van der Waals surface area (Å²) in [6, 6.07) is 11.5. The highest BCUT2D eigenvalue weighted by atomic mass is 16.2. The number of aromatic nitrogens is 2. The minimum atomic E-state index is -0.152. The second-order valence-electron chi connectivity index (χ2n) is 7.87. The van der Waals surface area contributed by atoms with Gasteiger partial charge in [-0.3, -0.25) is 13.9 Å². The molecular weight excluding hydrogens is 366 g/mol. The number of hydrogen-bond donors (Lipinski definition) is 1. The second kappa shape index (κ2) is 7.40. The van der Waals surface area contributed by atoms with Gasteiger partial charge in [-0.25, -0.2) is 4.79 Å². The average Bonchev–Trinajstić information content (AvgIpc) is 2.92. The highest BCUT2D eigenvalue weighted by molar-refractivity contribution is 6.07. The van der Waals surface area contributed by atoms with E-state index in [1.165, 1.54) is 0 Å². The fraction of sp³-hybridized carbons (Fsp3) is 0.364. The smallest absolute Gasteiger partial charge is 0.328 e. The molecule has 1 amide bonds. The van der Waals surface area contributed by atoms with Crippen molar-refractivity contribution in [2.45, 2.75) is 6.92 Å². The quantitative estimate of drug-likeness (QED) is 0.741. The molecule has 0 bridgehead atoms. The molecule has 29 heavy (non-hydrogen) atoms. The van der Waals surface area contributed by atoms with Crippen LogP contribution in [-0.4, -0.2) is 53.2 Å². The van der Waals surface area contributed by atoms with E-state index in [0.29, 0.717) is 5.56 Å². The van der Waals surface area contributed by atoms with Crippen LogP contribution in [0.4, 0.5) is 11.4 Å². The number of carbonyl (C=O) groups excluding carboxylic acids is 1. The van der Waals surface area contributed by atoms with Gasteiger partial charge in [0.05, 0.1) is 22.4 Å². The zero-order chi connectivity index (χ0) is 20.7. The zero-order valence-electron chi connectivity index (χ0n) is 17.4. The van der Waals surface area contributed by atoms with Crippen LogP contribution in [0.5, 0.6) is 0 Å². The first-order chi connectivity index (χ1) is 13.8. The number of benzene rings is 2. The van der Waals surface area contributed by atoms with Gasteiger partial charge in [0.15, 0.2) is 0 Å². The van der Waals surface area contributed by atoms with Crippen molar-refractivity contribution in [3.05, 3.63) is 58.0 Å². The molecule has 3 aromatic rings. The third-order valence-electron chi connectivity index (χ3n) is 5.80. The van der Waals surface area contributed by atoms with Crippen molar-refractivity contribution in [1.82, 2.24) is 14.0 Å². The zero-order valence-corrected chi connectivity index (χ0v) is 17.4. The molecule has 1 aliphatic rings. The number of nitrogens with one attached hydrogen (secondary N) is 1. The number of likely N-dealkylation sites (N-methyl/N-ethyl adjacent to an activating group) is 1. The maximum Gasteiger partial charge on any atom is 0.328 e. The Bertz CT molecular complexity index is 1120. The Balaban J connectivity index is 1.78. The largest absolute Gasteiger partial charge is 0.367 e. The van der Waals surface area contributed by atoms with Gasteiger partial charge < -0.3 is 15.1 Å². The molecule has 1 aromatic heterocycles. The number of fused-ring (bicyclic) bond motifs is 1. The number of piperazine rings is 1. The molecule has 4 rings (SSSR count). The third-order valence-corrected chi connectivity index (χ3v) is 5.80. The van der Waals surface area contributed by atoms with Crippen molar-refractivity contribution < 1.29 is 4.79 Å². The van der Waals surface area contributed by atoms with Crippen LogP contribution in [-0.2, 0) is 14.1 Å². The predicted octanol–water partition coefficient (Wildman–Crippen LogP) is 2.19. The summed E-state index contributed by atoms with van der Waals surface area (Å²) in [6.07, 6.45) is 0. The Morgan fingerprint density at radius 2 is 1.48 bits per heavy atom. The Kier molecular flexibility index (Phi) is 4.92. The molecule has 2 heterocycles. The molecule has 0 radical (unpaired) electrons. The molecule has 152 valence electrons. The standard InChI is InChI=1S/C22H27N5O2/c1-15-5-7-16(8-6-15)21(28)23-17-13-19-20(26(4)22(29)25(19)3)14-18(17)27-11-9-24(2)10-12-27/h5-8,13-14H,9-12H2,1-4H3,(H,23,28). The van der Waals surface area contributed by atoms with Crippen molar-refractivity contribution in [1.29, 1.82) is 0 Å². The fourth-order valence-corrected chi connectivity index (χ4v) is 3.84. The van der Waals surface area contributed by atoms with Crippen LogP contribution < -0.4 is 15.9 Å². The number of amides is 1. The highest BCUT2D eigenvalue weighted by Crippen LogP contribution is 2.32. The van der Waals surface area contributed by atoms with E-state index in [0.717, 1.165) is 54.2 Å². The molecule has 0 unspecified atom stereocenters. The molecule has 1 aliphatic heterocycles.